The molecule has 1 fully saturated rings. The molecule has 0 saturated carbocycles. The average molecular weight is 167 g/mol. The summed E-state index contributed by atoms with van der Waals surface area (Å²) in [5.41, 5.74) is 0. The molecular formula is C10H17NO. The van der Waals surface area contributed by atoms with Crippen molar-refractivity contribution in [3.8, 4) is 0 Å². The Balaban J connectivity index is 2.34. The van der Waals surface area contributed by atoms with Crippen molar-refractivity contribution in [2.75, 3.05) is 13.1 Å². The van der Waals surface area contributed by atoms with Crippen LogP contribution in [0, 0.1) is 5.92 Å². The van der Waals surface area contributed by atoms with Crippen molar-refractivity contribution in [3.05, 3.63) is 12.2 Å². The Morgan fingerprint density at radius 2 is 2.17 bits per heavy atom. The molecule has 1 heterocycles. The predicted molar refractivity (Wildman–Crippen MR) is 50.0 cm³/mol. The maximum atomic E-state index is 11.4. The molecule has 0 unspecified atom stereocenters. The standard InChI is InChI=1S/C10H17NO/c1-2-3-4-10(12)9-5-7-11-8-6-9/h3-4,9,11H,2,5-8H2,1H3. The molecule has 1 N–H and O–H groups in total. The minimum atomic E-state index is 0.286. The van der Waals surface area contributed by atoms with Crippen LogP contribution in [-0.4, -0.2) is 18.9 Å². The molecule has 0 aliphatic carbocycles. The lowest BCUT2D eigenvalue weighted by Crippen LogP contribution is -2.31. The van der Waals surface area contributed by atoms with E-state index >= 15 is 0 Å². The fourth-order valence-corrected chi connectivity index (χ4v) is 1.48. The molecule has 1 aliphatic rings. The Morgan fingerprint density at radius 1 is 1.50 bits per heavy atom. The summed E-state index contributed by atoms with van der Waals surface area (Å²) in [7, 11) is 0. The zero-order valence-electron chi connectivity index (χ0n) is 7.68. The van der Waals surface area contributed by atoms with Gasteiger partial charge in [-0.1, -0.05) is 13.0 Å². The zero-order chi connectivity index (χ0) is 8.81. The van der Waals surface area contributed by atoms with Crippen molar-refractivity contribution in [1.29, 1.82) is 0 Å². The predicted octanol–water partition coefficient (Wildman–Crippen LogP) is 1.52. The van der Waals surface area contributed by atoms with Crippen LogP contribution in [0.15, 0.2) is 12.2 Å². The van der Waals surface area contributed by atoms with E-state index in [9.17, 15) is 4.79 Å². The summed E-state index contributed by atoms with van der Waals surface area (Å²) < 4.78 is 0. The highest BCUT2D eigenvalue weighted by Crippen LogP contribution is 2.13. The van der Waals surface area contributed by atoms with Gasteiger partial charge in [0, 0.05) is 5.92 Å². The van der Waals surface area contributed by atoms with Crippen LogP contribution in [0.3, 0.4) is 0 Å². The number of carbonyl (C=O) groups excluding carboxylic acids is 1. The van der Waals surface area contributed by atoms with Gasteiger partial charge in [-0.05, 0) is 38.4 Å². The summed E-state index contributed by atoms with van der Waals surface area (Å²) in [5.74, 6) is 0.604. The smallest absolute Gasteiger partial charge is 0.158 e. The van der Waals surface area contributed by atoms with Gasteiger partial charge >= 0.3 is 0 Å². The lowest BCUT2D eigenvalue weighted by Gasteiger charge is -2.19. The SMILES string of the molecule is CCC=CC(=O)C1CCNCC1. The maximum Gasteiger partial charge on any atom is 0.158 e. The highest BCUT2D eigenvalue weighted by atomic mass is 16.1. The van der Waals surface area contributed by atoms with Gasteiger partial charge in [-0.15, -0.1) is 0 Å². The third-order valence-corrected chi connectivity index (χ3v) is 2.26. The molecule has 1 rings (SSSR count). The molecule has 0 bridgehead atoms. The Kier molecular flexibility index (Phi) is 4.01. The fraction of sp³-hybridized carbons (Fsp3) is 0.700. The van der Waals surface area contributed by atoms with E-state index < -0.39 is 0 Å². The van der Waals surface area contributed by atoms with Gasteiger partial charge in [0.15, 0.2) is 5.78 Å². The van der Waals surface area contributed by atoms with Crippen molar-refractivity contribution in [2.24, 2.45) is 5.92 Å². The van der Waals surface area contributed by atoms with Gasteiger partial charge in [-0.3, -0.25) is 4.79 Å². The van der Waals surface area contributed by atoms with Crippen molar-refractivity contribution in [2.45, 2.75) is 26.2 Å². The van der Waals surface area contributed by atoms with E-state index in [4.69, 9.17) is 0 Å². The van der Waals surface area contributed by atoms with E-state index in [0.29, 0.717) is 5.78 Å². The first-order valence-electron chi connectivity index (χ1n) is 4.75. The highest BCUT2D eigenvalue weighted by Gasteiger charge is 2.17. The monoisotopic (exact) mass is 167 g/mol. The normalized spacial score (nSPS) is 20.1. The van der Waals surface area contributed by atoms with Gasteiger partial charge in [0.25, 0.3) is 0 Å². The molecule has 0 aromatic heterocycles. The number of rotatable bonds is 3. The van der Waals surface area contributed by atoms with Gasteiger partial charge in [0.2, 0.25) is 0 Å². The van der Waals surface area contributed by atoms with E-state index in [2.05, 4.69) is 5.32 Å². The van der Waals surface area contributed by atoms with Crippen molar-refractivity contribution in [3.63, 3.8) is 0 Å². The molecule has 2 nitrogen and oxygen atoms in total. The molecular weight excluding hydrogens is 150 g/mol. The molecule has 0 radical (unpaired) electrons. The second-order valence-corrected chi connectivity index (χ2v) is 3.24. The molecule has 0 aromatic carbocycles. The van der Waals surface area contributed by atoms with Crippen LogP contribution in [0.2, 0.25) is 0 Å². The molecule has 12 heavy (non-hydrogen) atoms. The summed E-state index contributed by atoms with van der Waals surface area (Å²) in [6, 6.07) is 0. The third-order valence-electron chi connectivity index (χ3n) is 2.26. The summed E-state index contributed by atoms with van der Waals surface area (Å²) in [6.45, 7) is 4.04. The van der Waals surface area contributed by atoms with Crippen molar-refractivity contribution < 1.29 is 4.79 Å². The van der Waals surface area contributed by atoms with Gasteiger partial charge < -0.3 is 5.32 Å². The van der Waals surface area contributed by atoms with E-state index in [1.54, 1.807) is 6.08 Å². The van der Waals surface area contributed by atoms with Crippen LogP contribution in [0.4, 0.5) is 0 Å². The third kappa shape index (κ3) is 2.78. The number of carbonyl (C=O) groups is 1. The number of nitrogens with one attached hydrogen (secondary N) is 1. The second kappa shape index (κ2) is 5.09. The van der Waals surface area contributed by atoms with E-state index in [1.165, 1.54) is 0 Å². The van der Waals surface area contributed by atoms with Crippen LogP contribution >= 0.6 is 0 Å². The lowest BCUT2D eigenvalue weighted by atomic mass is 9.93. The molecule has 0 amide bonds. The van der Waals surface area contributed by atoms with Crippen LogP contribution in [0.5, 0.6) is 0 Å². The second-order valence-electron chi connectivity index (χ2n) is 3.24. The minimum absolute atomic E-state index is 0.286. The van der Waals surface area contributed by atoms with Gasteiger partial charge in [-0.25, -0.2) is 0 Å². The topological polar surface area (TPSA) is 29.1 Å². The average Bonchev–Trinajstić information content (AvgIpc) is 2.15. The number of piperidine rings is 1. The van der Waals surface area contributed by atoms with Gasteiger partial charge in [0.05, 0.1) is 0 Å². The molecule has 0 spiro atoms. The summed E-state index contributed by atoms with van der Waals surface area (Å²) >= 11 is 0. The lowest BCUT2D eigenvalue weighted by molar-refractivity contribution is -0.118. The molecule has 2 heteroatoms. The van der Waals surface area contributed by atoms with Crippen LogP contribution < -0.4 is 5.32 Å². The van der Waals surface area contributed by atoms with Crippen LogP contribution in [0.25, 0.3) is 0 Å². The van der Waals surface area contributed by atoms with Gasteiger partial charge in [0.1, 0.15) is 0 Å². The Morgan fingerprint density at radius 3 is 2.75 bits per heavy atom. The molecule has 1 saturated heterocycles. The minimum Gasteiger partial charge on any atom is -0.317 e. The number of ketones is 1. The molecule has 68 valence electrons. The Hall–Kier alpha value is -0.630. The number of hydrogen-bond donors (Lipinski definition) is 1. The largest absolute Gasteiger partial charge is 0.317 e. The number of hydrogen-bond acceptors (Lipinski definition) is 2. The first kappa shape index (κ1) is 9.46. The summed E-state index contributed by atoms with van der Waals surface area (Å²) in [4.78, 5) is 11.4. The van der Waals surface area contributed by atoms with Crippen molar-refractivity contribution in [1.82, 2.24) is 5.32 Å². The van der Waals surface area contributed by atoms with Gasteiger partial charge in [-0.2, -0.15) is 0 Å². The first-order valence-corrected chi connectivity index (χ1v) is 4.75. The Labute approximate surface area is 74.0 Å². The quantitative estimate of drug-likeness (QED) is 0.646. The van der Waals surface area contributed by atoms with E-state index in [1.807, 2.05) is 13.0 Å². The summed E-state index contributed by atoms with van der Waals surface area (Å²) in [6.07, 6.45) is 6.66. The highest BCUT2D eigenvalue weighted by molar-refractivity contribution is 5.91. The van der Waals surface area contributed by atoms with E-state index in [-0.39, 0.29) is 5.92 Å². The zero-order valence-corrected chi connectivity index (χ0v) is 7.68. The fourth-order valence-electron chi connectivity index (χ4n) is 1.48. The Bertz CT molecular complexity index is 169. The van der Waals surface area contributed by atoms with Crippen LogP contribution in [-0.2, 0) is 4.79 Å². The molecule has 0 atom stereocenters. The van der Waals surface area contributed by atoms with E-state index in [0.717, 1.165) is 32.4 Å². The maximum absolute atomic E-state index is 11.4. The first-order chi connectivity index (χ1) is 5.84. The number of allylic oxidation sites excluding steroid dienone is 2. The molecule has 0 aromatic rings. The summed E-state index contributed by atoms with van der Waals surface area (Å²) in [5, 5.41) is 3.25. The van der Waals surface area contributed by atoms with Crippen molar-refractivity contribution >= 4 is 5.78 Å². The molecule has 1 aliphatic heterocycles. The van der Waals surface area contributed by atoms with Crippen LogP contribution in [0.1, 0.15) is 26.2 Å².